The van der Waals surface area contributed by atoms with Gasteiger partial charge in [0.2, 0.25) is 0 Å². The molecular weight excluding hydrogens is 392 g/mol. The Kier molecular flexibility index (Phi) is 4.20. The predicted octanol–water partition coefficient (Wildman–Crippen LogP) is 2.51. The van der Waals surface area contributed by atoms with E-state index in [1.165, 1.54) is 6.42 Å². The van der Waals surface area contributed by atoms with Gasteiger partial charge in [-0.1, -0.05) is 0 Å². The maximum Gasteiger partial charge on any atom is 0.162 e. The van der Waals surface area contributed by atoms with Crippen molar-refractivity contribution in [2.45, 2.75) is 18.5 Å². The number of fused-ring (bicyclic) bond motifs is 3. The maximum atomic E-state index is 5.47. The van der Waals surface area contributed by atoms with Gasteiger partial charge in [-0.2, -0.15) is 0 Å². The van der Waals surface area contributed by atoms with E-state index in [1.807, 2.05) is 35.1 Å². The summed E-state index contributed by atoms with van der Waals surface area (Å²) in [6.45, 7) is 2.01. The van der Waals surface area contributed by atoms with Gasteiger partial charge in [0, 0.05) is 61.3 Å². The lowest BCUT2D eigenvalue weighted by molar-refractivity contribution is 0.415. The number of anilines is 3. The van der Waals surface area contributed by atoms with Gasteiger partial charge in [0.05, 0.1) is 24.5 Å². The first-order valence-electron chi connectivity index (χ1n) is 10.3. The summed E-state index contributed by atoms with van der Waals surface area (Å²) in [5.74, 6) is 3.11. The summed E-state index contributed by atoms with van der Waals surface area (Å²) in [6.07, 6.45) is 8.01. The number of hydrogen-bond donors (Lipinski definition) is 2. The van der Waals surface area contributed by atoms with Crippen molar-refractivity contribution in [1.29, 1.82) is 0 Å². The van der Waals surface area contributed by atoms with E-state index in [-0.39, 0.29) is 0 Å². The van der Waals surface area contributed by atoms with E-state index in [9.17, 15) is 0 Å². The number of pyridine rings is 1. The van der Waals surface area contributed by atoms with Crippen LogP contribution in [-0.2, 0) is 0 Å². The summed E-state index contributed by atoms with van der Waals surface area (Å²) in [5.41, 5.74) is 1.89. The highest BCUT2D eigenvalue weighted by Gasteiger charge is 2.38. The summed E-state index contributed by atoms with van der Waals surface area (Å²) < 4.78 is 7.39. The van der Waals surface area contributed by atoms with Crippen molar-refractivity contribution in [1.82, 2.24) is 30.0 Å². The Bertz CT molecular complexity index is 1240. The molecule has 0 saturated carbocycles. The Morgan fingerprint density at radius 2 is 2.10 bits per heavy atom. The number of hydrogen-bond acceptors (Lipinski definition) is 8. The van der Waals surface area contributed by atoms with Crippen LogP contribution in [0.4, 0.5) is 17.5 Å². The fraction of sp³-hybridized carbons (Fsp3) is 0.273. The molecule has 9 heteroatoms. The fourth-order valence-corrected chi connectivity index (χ4v) is 4.53. The Morgan fingerprint density at radius 3 is 2.87 bits per heavy atom. The summed E-state index contributed by atoms with van der Waals surface area (Å²) >= 11 is 0. The van der Waals surface area contributed by atoms with Gasteiger partial charge in [-0.3, -0.25) is 4.98 Å². The molecular formula is C22H22N8O. The number of benzene rings is 1. The van der Waals surface area contributed by atoms with Gasteiger partial charge < -0.3 is 20.3 Å². The first-order valence-corrected chi connectivity index (χ1v) is 10.3. The molecule has 0 radical (unpaired) electrons. The van der Waals surface area contributed by atoms with Crippen LogP contribution in [0.15, 0.2) is 55.1 Å². The van der Waals surface area contributed by atoms with Crippen molar-refractivity contribution in [2.75, 3.05) is 30.4 Å². The van der Waals surface area contributed by atoms with Gasteiger partial charge in [-0.15, -0.1) is 5.10 Å². The van der Waals surface area contributed by atoms with Crippen LogP contribution in [0.3, 0.4) is 0 Å². The SMILES string of the molecule is COc1ccc2c(Nc3cnccn3)nn(-c3ccnc(N4C[C@@H]5C[C@H]4CN5)c3)c2c1. The molecule has 156 valence electrons. The molecule has 6 rings (SSSR count). The van der Waals surface area contributed by atoms with E-state index in [1.54, 1.807) is 25.7 Å². The summed E-state index contributed by atoms with van der Waals surface area (Å²) in [5, 5.41) is 12.7. The van der Waals surface area contributed by atoms with Crippen molar-refractivity contribution < 1.29 is 4.74 Å². The largest absolute Gasteiger partial charge is 0.497 e. The number of rotatable bonds is 5. The number of aromatic nitrogens is 5. The summed E-state index contributed by atoms with van der Waals surface area (Å²) in [6, 6.07) is 11.1. The number of piperazine rings is 1. The van der Waals surface area contributed by atoms with E-state index in [4.69, 9.17) is 9.84 Å². The molecule has 4 aromatic rings. The van der Waals surface area contributed by atoms with Gasteiger partial charge in [-0.25, -0.2) is 14.6 Å². The number of nitrogens with one attached hydrogen (secondary N) is 2. The summed E-state index contributed by atoms with van der Waals surface area (Å²) in [7, 11) is 1.67. The van der Waals surface area contributed by atoms with Crippen molar-refractivity contribution in [2.24, 2.45) is 0 Å². The van der Waals surface area contributed by atoms with E-state index < -0.39 is 0 Å². The quantitative estimate of drug-likeness (QED) is 0.515. The van der Waals surface area contributed by atoms with Gasteiger partial charge in [-0.05, 0) is 24.6 Å². The first-order chi connectivity index (χ1) is 15.3. The molecule has 2 atom stereocenters. The van der Waals surface area contributed by atoms with E-state index in [0.717, 1.165) is 41.2 Å². The maximum absolute atomic E-state index is 5.47. The molecule has 31 heavy (non-hydrogen) atoms. The molecule has 5 heterocycles. The molecule has 2 saturated heterocycles. The highest BCUT2D eigenvalue weighted by molar-refractivity contribution is 5.93. The van der Waals surface area contributed by atoms with Crippen LogP contribution in [0.5, 0.6) is 5.75 Å². The minimum atomic E-state index is 0.510. The van der Waals surface area contributed by atoms with Gasteiger partial charge in [0.25, 0.3) is 0 Å². The van der Waals surface area contributed by atoms with Crippen LogP contribution in [0.2, 0.25) is 0 Å². The lowest BCUT2D eigenvalue weighted by Gasteiger charge is -2.28. The van der Waals surface area contributed by atoms with Crippen LogP contribution < -0.4 is 20.3 Å². The molecule has 0 unspecified atom stereocenters. The molecule has 0 aliphatic carbocycles. The molecule has 0 spiro atoms. The zero-order valence-electron chi connectivity index (χ0n) is 17.1. The third-order valence-electron chi connectivity index (χ3n) is 6.02. The first kappa shape index (κ1) is 18.1. The van der Waals surface area contributed by atoms with Crippen LogP contribution in [0, 0.1) is 0 Å². The van der Waals surface area contributed by atoms with Crippen molar-refractivity contribution in [3.8, 4) is 11.4 Å². The predicted molar refractivity (Wildman–Crippen MR) is 118 cm³/mol. The molecule has 0 amide bonds. The minimum absolute atomic E-state index is 0.510. The second-order valence-electron chi connectivity index (χ2n) is 7.88. The lowest BCUT2D eigenvalue weighted by atomic mass is 10.2. The third-order valence-corrected chi connectivity index (χ3v) is 6.02. The number of ether oxygens (including phenoxy) is 1. The van der Waals surface area contributed by atoms with E-state index >= 15 is 0 Å². The molecule has 2 bridgehead atoms. The normalized spacial score (nSPS) is 19.8. The highest BCUT2D eigenvalue weighted by Crippen LogP contribution is 2.33. The Morgan fingerprint density at radius 1 is 1.13 bits per heavy atom. The minimum Gasteiger partial charge on any atom is -0.497 e. The Hall–Kier alpha value is -3.72. The molecule has 2 fully saturated rings. The van der Waals surface area contributed by atoms with Gasteiger partial charge in [0.15, 0.2) is 5.82 Å². The zero-order valence-corrected chi connectivity index (χ0v) is 17.1. The molecule has 1 aromatic carbocycles. The smallest absolute Gasteiger partial charge is 0.162 e. The lowest BCUT2D eigenvalue weighted by Crippen LogP contribution is -2.44. The van der Waals surface area contributed by atoms with E-state index in [0.29, 0.717) is 23.7 Å². The Balaban J connectivity index is 1.44. The van der Waals surface area contributed by atoms with Crippen molar-refractivity contribution in [3.63, 3.8) is 0 Å². The molecule has 9 nitrogen and oxygen atoms in total. The van der Waals surface area contributed by atoms with Crippen LogP contribution >= 0.6 is 0 Å². The van der Waals surface area contributed by atoms with Gasteiger partial charge in [0.1, 0.15) is 17.4 Å². The second kappa shape index (κ2) is 7.21. The van der Waals surface area contributed by atoms with E-state index in [2.05, 4.69) is 36.6 Å². The van der Waals surface area contributed by atoms with Crippen molar-refractivity contribution >= 4 is 28.4 Å². The van der Waals surface area contributed by atoms with Crippen LogP contribution in [-0.4, -0.2) is 57.0 Å². The summed E-state index contributed by atoms with van der Waals surface area (Å²) in [4.78, 5) is 15.5. The fourth-order valence-electron chi connectivity index (χ4n) is 4.53. The average Bonchev–Trinajstić information content (AvgIpc) is 3.54. The zero-order chi connectivity index (χ0) is 20.8. The van der Waals surface area contributed by atoms with Crippen LogP contribution in [0.1, 0.15) is 6.42 Å². The molecule has 2 N–H and O–H groups in total. The molecule has 2 aliphatic heterocycles. The number of nitrogens with zero attached hydrogens (tertiary/aromatic N) is 6. The number of methoxy groups -OCH3 is 1. The van der Waals surface area contributed by atoms with Gasteiger partial charge >= 0.3 is 0 Å². The standard InChI is InChI=1S/C22H22N8O/c1-31-17-2-3-18-19(10-17)30(28-22(18)27-20-12-23-6-7-24-20)15-4-5-25-21(9-15)29-13-14-8-16(29)11-26-14/h2-7,9-10,12,14,16,26H,8,11,13H2,1H3,(H,24,27,28)/t14-,16-/m0/s1. The Labute approximate surface area is 179 Å². The molecule has 2 aliphatic rings. The second-order valence-corrected chi connectivity index (χ2v) is 7.88. The van der Waals surface area contributed by atoms with Crippen LogP contribution in [0.25, 0.3) is 16.6 Å². The average molecular weight is 414 g/mol. The third kappa shape index (κ3) is 3.14. The monoisotopic (exact) mass is 414 g/mol. The topological polar surface area (TPSA) is 93.0 Å². The molecule has 3 aromatic heterocycles. The highest BCUT2D eigenvalue weighted by atomic mass is 16.5. The van der Waals surface area contributed by atoms with Crippen molar-refractivity contribution in [3.05, 3.63) is 55.1 Å².